The summed E-state index contributed by atoms with van der Waals surface area (Å²) in [4.78, 5) is 2.35. The van der Waals surface area contributed by atoms with E-state index in [-0.39, 0.29) is 12.1 Å². The summed E-state index contributed by atoms with van der Waals surface area (Å²) in [6.45, 7) is 0. The van der Waals surface area contributed by atoms with Crippen molar-refractivity contribution in [2.45, 2.75) is 12.1 Å². The SMILES string of the molecule is Clc1ccc(-c2cccc3c2N(c2ccccc2)C2Oc4ccccc4C32)cc1. The topological polar surface area (TPSA) is 12.5 Å². The summed E-state index contributed by atoms with van der Waals surface area (Å²) in [6, 6.07) is 33.5. The molecule has 4 aromatic rings. The van der Waals surface area contributed by atoms with Gasteiger partial charge < -0.3 is 9.64 Å². The Labute approximate surface area is 174 Å². The van der Waals surface area contributed by atoms with Crippen molar-refractivity contribution in [1.29, 1.82) is 0 Å². The Bertz CT molecular complexity index is 1200. The number of para-hydroxylation sites is 3. The molecule has 0 radical (unpaired) electrons. The molecule has 0 aliphatic carbocycles. The van der Waals surface area contributed by atoms with E-state index in [1.54, 1.807) is 0 Å². The first-order chi connectivity index (χ1) is 14.3. The molecule has 0 fully saturated rings. The molecule has 0 bridgehead atoms. The molecule has 29 heavy (non-hydrogen) atoms. The molecule has 4 aromatic carbocycles. The highest BCUT2D eigenvalue weighted by Gasteiger charge is 2.48. The molecule has 2 aliphatic rings. The van der Waals surface area contributed by atoms with E-state index in [9.17, 15) is 0 Å². The maximum atomic E-state index is 6.50. The van der Waals surface area contributed by atoms with Crippen LogP contribution in [0.15, 0.2) is 97.1 Å². The average Bonchev–Trinajstić information content (AvgIpc) is 3.29. The van der Waals surface area contributed by atoms with Crippen molar-refractivity contribution in [2.75, 3.05) is 4.90 Å². The second-order valence-electron chi connectivity index (χ2n) is 7.48. The van der Waals surface area contributed by atoms with E-state index in [0.29, 0.717) is 0 Å². The first-order valence-electron chi connectivity index (χ1n) is 9.80. The molecule has 0 N–H and O–H groups in total. The summed E-state index contributed by atoms with van der Waals surface area (Å²) < 4.78 is 6.50. The molecule has 140 valence electrons. The van der Waals surface area contributed by atoms with Crippen LogP contribution in [0.4, 0.5) is 11.4 Å². The summed E-state index contributed by atoms with van der Waals surface area (Å²) in [7, 11) is 0. The molecule has 2 unspecified atom stereocenters. The van der Waals surface area contributed by atoms with Crippen molar-refractivity contribution in [3.8, 4) is 16.9 Å². The Balaban J connectivity index is 1.61. The predicted octanol–water partition coefficient (Wildman–Crippen LogP) is 7.01. The van der Waals surface area contributed by atoms with Crippen LogP contribution in [0, 0.1) is 0 Å². The third-order valence-electron chi connectivity index (χ3n) is 5.87. The van der Waals surface area contributed by atoms with Crippen LogP contribution in [0.5, 0.6) is 5.75 Å². The van der Waals surface area contributed by atoms with Gasteiger partial charge in [0.2, 0.25) is 0 Å². The minimum absolute atomic E-state index is 0.0850. The number of halogens is 1. The van der Waals surface area contributed by atoms with Crippen LogP contribution in [0.2, 0.25) is 5.02 Å². The van der Waals surface area contributed by atoms with E-state index >= 15 is 0 Å². The van der Waals surface area contributed by atoms with E-state index in [0.717, 1.165) is 22.0 Å². The lowest BCUT2D eigenvalue weighted by Gasteiger charge is -2.28. The largest absolute Gasteiger partial charge is 0.469 e. The maximum Gasteiger partial charge on any atom is 0.187 e. The highest BCUT2D eigenvalue weighted by Crippen LogP contribution is 2.56. The van der Waals surface area contributed by atoms with Gasteiger partial charge in [0.25, 0.3) is 0 Å². The lowest BCUT2D eigenvalue weighted by atomic mass is 9.91. The van der Waals surface area contributed by atoms with Crippen LogP contribution in [-0.4, -0.2) is 6.23 Å². The second-order valence-corrected chi connectivity index (χ2v) is 7.92. The Morgan fingerprint density at radius 2 is 1.41 bits per heavy atom. The average molecular weight is 396 g/mol. The fourth-order valence-corrected chi connectivity index (χ4v) is 4.78. The highest BCUT2D eigenvalue weighted by atomic mass is 35.5. The van der Waals surface area contributed by atoms with Crippen LogP contribution < -0.4 is 9.64 Å². The van der Waals surface area contributed by atoms with Crippen LogP contribution in [0.3, 0.4) is 0 Å². The van der Waals surface area contributed by atoms with Gasteiger partial charge in [0.1, 0.15) is 5.75 Å². The lowest BCUT2D eigenvalue weighted by molar-refractivity contribution is 0.234. The maximum absolute atomic E-state index is 6.50. The number of rotatable bonds is 2. The van der Waals surface area contributed by atoms with Gasteiger partial charge in [0.05, 0.1) is 11.6 Å². The molecule has 6 rings (SSSR count). The van der Waals surface area contributed by atoms with Gasteiger partial charge in [-0.15, -0.1) is 0 Å². The zero-order valence-corrected chi connectivity index (χ0v) is 16.4. The van der Waals surface area contributed by atoms with Crippen molar-refractivity contribution >= 4 is 23.0 Å². The van der Waals surface area contributed by atoms with E-state index in [1.165, 1.54) is 22.4 Å². The molecule has 0 amide bonds. The van der Waals surface area contributed by atoms with Crippen LogP contribution >= 0.6 is 11.6 Å². The minimum Gasteiger partial charge on any atom is -0.469 e. The number of anilines is 2. The van der Waals surface area contributed by atoms with E-state index in [1.807, 2.05) is 24.3 Å². The Morgan fingerprint density at radius 1 is 0.690 bits per heavy atom. The summed E-state index contributed by atoms with van der Waals surface area (Å²) in [6.07, 6.45) is -0.0850. The van der Waals surface area contributed by atoms with Gasteiger partial charge in [0, 0.05) is 21.8 Å². The number of benzene rings is 4. The zero-order chi connectivity index (χ0) is 19.4. The van der Waals surface area contributed by atoms with Crippen molar-refractivity contribution in [2.24, 2.45) is 0 Å². The summed E-state index contributed by atoms with van der Waals surface area (Å²) in [5.41, 5.74) is 7.25. The third-order valence-corrected chi connectivity index (χ3v) is 6.13. The molecular formula is C26H18ClNO. The molecule has 2 nitrogen and oxygen atoms in total. The number of fused-ring (bicyclic) bond motifs is 5. The normalized spacial score (nSPS) is 18.7. The number of nitrogens with zero attached hydrogens (tertiary/aromatic N) is 1. The van der Waals surface area contributed by atoms with E-state index in [2.05, 4.69) is 77.7 Å². The van der Waals surface area contributed by atoms with Crippen LogP contribution in [0.1, 0.15) is 17.0 Å². The fraction of sp³-hybridized carbons (Fsp3) is 0.0769. The fourth-order valence-electron chi connectivity index (χ4n) is 4.65. The van der Waals surface area contributed by atoms with Crippen molar-refractivity contribution < 1.29 is 4.74 Å². The summed E-state index contributed by atoms with van der Waals surface area (Å²) in [5.74, 6) is 1.17. The Kier molecular flexibility index (Phi) is 3.68. The summed E-state index contributed by atoms with van der Waals surface area (Å²) >= 11 is 6.14. The molecule has 3 heteroatoms. The van der Waals surface area contributed by atoms with Gasteiger partial charge >= 0.3 is 0 Å². The molecular weight excluding hydrogens is 378 g/mol. The standard InChI is InChI=1S/C26H18ClNO/c27-18-15-13-17(14-16-18)20-10-6-11-22-24-21-9-4-5-12-23(21)29-26(24)28(25(20)22)19-7-2-1-3-8-19/h1-16,24,26H. The molecule has 0 aromatic heterocycles. The number of hydrogen-bond acceptors (Lipinski definition) is 2. The summed E-state index contributed by atoms with van der Waals surface area (Å²) in [5, 5.41) is 0.746. The van der Waals surface area contributed by atoms with Gasteiger partial charge in [0.15, 0.2) is 6.23 Å². The Morgan fingerprint density at radius 3 is 2.24 bits per heavy atom. The van der Waals surface area contributed by atoms with Gasteiger partial charge in [-0.3, -0.25) is 0 Å². The molecule has 2 atom stereocenters. The molecule has 2 aliphatic heterocycles. The zero-order valence-electron chi connectivity index (χ0n) is 15.6. The predicted molar refractivity (Wildman–Crippen MR) is 118 cm³/mol. The van der Waals surface area contributed by atoms with Gasteiger partial charge in [-0.25, -0.2) is 0 Å². The highest BCUT2D eigenvalue weighted by molar-refractivity contribution is 6.30. The van der Waals surface area contributed by atoms with Crippen molar-refractivity contribution in [3.05, 3.63) is 113 Å². The lowest BCUT2D eigenvalue weighted by Crippen LogP contribution is -2.32. The van der Waals surface area contributed by atoms with E-state index < -0.39 is 0 Å². The van der Waals surface area contributed by atoms with Crippen molar-refractivity contribution in [1.82, 2.24) is 0 Å². The monoisotopic (exact) mass is 395 g/mol. The van der Waals surface area contributed by atoms with Crippen molar-refractivity contribution in [3.63, 3.8) is 0 Å². The third kappa shape index (κ3) is 2.49. The molecule has 0 spiro atoms. The van der Waals surface area contributed by atoms with Gasteiger partial charge in [-0.1, -0.05) is 78.3 Å². The first kappa shape index (κ1) is 16.7. The first-order valence-corrected chi connectivity index (χ1v) is 10.2. The number of hydrogen-bond donors (Lipinski definition) is 0. The van der Waals surface area contributed by atoms with Gasteiger partial charge in [-0.2, -0.15) is 0 Å². The van der Waals surface area contributed by atoms with E-state index in [4.69, 9.17) is 16.3 Å². The smallest absolute Gasteiger partial charge is 0.187 e. The molecule has 2 heterocycles. The second kappa shape index (κ2) is 6.40. The molecule has 0 saturated carbocycles. The van der Waals surface area contributed by atoms with Gasteiger partial charge in [-0.05, 0) is 41.5 Å². The number of ether oxygens (including phenoxy) is 1. The van der Waals surface area contributed by atoms with Crippen LogP contribution in [-0.2, 0) is 0 Å². The van der Waals surface area contributed by atoms with Crippen LogP contribution in [0.25, 0.3) is 11.1 Å². The Hall–Kier alpha value is -3.23. The quantitative estimate of drug-likeness (QED) is 0.362. The minimum atomic E-state index is -0.0850. The molecule has 0 saturated heterocycles.